The molecule has 8 nitrogen and oxygen atoms in total. The molecule has 154 valence electrons. The number of nitrogens with zero attached hydrogens (tertiary/aromatic N) is 1. The predicted octanol–water partition coefficient (Wildman–Crippen LogP) is 1.01. The number of benzene rings is 1. The minimum Gasteiger partial charge on any atom is -0.491 e. The molecule has 0 amide bonds. The van der Waals surface area contributed by atoms with E-state index in [1.807, 2.05) is 32.0 Å². The number of aliphatic imine (C=N–C) groups is 1. The second-order valence-corrected chi connectivity index (χ2v) is 7.93. The van der Waals surface area contributed by atoms with E-state index in [1.165, 1.54) is 0 Å². The number of hydrogen-bond acceptors (Lipinski definition) is 5. The van der Waals surface area contributed by atoms with Gasteiger partial charge in [0.2, 0.25) is 10.0 Å². The molecular formula is C18H32N4O4S. The Labute approximate surface area is 162 Å². The Kier molecular flexibility index (Phi) is 10.8. The summed E-state index contributed by atoms with van der Waals surface area (Å²) in [7, 11) is -1.50. The van der Waals surface area contributed by atoms with E-state index >= 15 is 0 Å². The van der Waals surface area contributed by atoms with Crippen molar-refractivity contribution < 1.29 is 17.9 Å². The van der Waals surface area contributed by atoms with Gasteiger partial charge in [0.1, 0.15) is 12.4 Å². The Morgan fingerprint density at radius 3 is 2.63 bits per heavy atom. The van der Waals surface area contributed by atoms with Crippen LogP contribution in [0.15, 0.2) is 23.2 Å². The number of methoxy groups -OCH3 is 1. The zero-order chi connectivity index (χ0) is 20.1. The Hall–Kier alpha value is -1.84. The summed E-state index contributed by atoms with van der Waals surface area (Å²) < 4.78 is 35.4. The maximum Gasteiger partial charge on any atom is 0.208 e. The third-order valence-corrected chi connectivity index (χ3v) is 4.26. The van der Waals surface area contributed by atoms with Gasteiger partial charge in [-0.25, -0.2) is 18.1 Å². The molecular weight excluding hydrogens is 368 g/mol. The van der Waals surface area contributed by atoms with E-state index in [0.29, 0.717) is 45.2 Å². The van der Waals surface area contributed by atoms with Crippen molar-refractivity contribution in [3.63, 3.8) is 0 Å². The third kappa shape index (κ3) is 10.8. The fraction of sp³-hybridized carbons (Fsp3) is 0.611. The van der Waals surface area contributed by atoms with Gasteiger partial charge in [-0.15, -0.1) is 0 Å². The molecule has 0 heterocycles. The first-order chi connectivity index (χ1) is 12.9. The van der Waals surface area contributed by atoms with Gasteiger partial charge in [0.05, 0.1) is 19.4 Å². The van der Waals surface area contributed by atoms with E-state index in [2.05, 4.69) is 20.3 Å². The lowest BCUT2D eigenvalue weighted by Crippen LogP contribution is -2.38. The summed E-state index contributed by atoms with van der Waals surface area (Å²) in [6.07, 6.45) is 1.81. The Balaban J connectivity index is 2.63. The van der Waals surface area contributed by atoms with Crippen molar-refractivity contribution in [3.8, 4) is 5.75 Å². The first-order valence-corrected chi connectivity index (χ1v) is 10.9. The maximum absolute atomic E-state index is 11.1. The number of guanidine groups is 1. The average Bonchev–Trinajstić information content (AvgIpc) is 2.59. The van der Waals surface area contributed by atoms with Crippen LogP contribution >= 0.6 is 0 Å². The smallest absolute Gasteiger partial charge is 0.208 e. The standard InChI is InChI=1S/C18H32N4O4S/c1-5-19-18(20-9-6-10-22-27(4,23)24)21-14-16-8-7-15(2)13-17(16)26-12-11-25-3/h7-8,13,22H,5-6,9-12,14H2,1-4H3,(H2,19,20,21). The van der Waals surface area contributed by atoms with Gasteiger partial charge < -0.3 is 20.1 Å². The summed E-state index contributed by atoms with van der Waals surface area (Å²) in [4.78, 5) is 4.59. The first-order valence-electron chi connectivity index (χ1n) is 9.03. The maximum atomic E-state index is 11.1. The third-order valence-electron chi connectivity index (χ3n) is 3.53. The predicted molar refractivity (Wildman–Crippen MR) is 109 cm³/mol. The average molecular weight is 401 g/mol. The highest BCUT2D eigenvalue weighted by molar-refractivity contribution is 7.88. The molecule has 0 atom stereocenters. The quantitative estimate of drug-likeness (QED) is 0.275. The van der Waals surface area contributed by atoms with Crippen LogP contribution in [-0.4, -0.2) is 60.6 Å². The SMILES string of the molecule is CCNC(=NCc1ccc(C)cc1OCCOC)NCCCNS(C)(=O)=O. The molecule has 0 spiro atoms. The molecule has 27 heavy (non-hydrogen) atoms. The molecule has 0 unspecified atom stereocenters. The lowest BCUT2D eigenvalue weighted by atomic mass is 10.1. The zero-order valence-electron chi connectivity index (χ0n) is 16.7. The molecule has 0 aliphatic rings. The molecule has 0 aromatic heterocycles. The summed E-state index contributed by atoms with van der Waals surface area (Å²) in [6.45, 7) is 7.24. The van der Waals surface area contributed by atoms with E-state index in [9.17, 15) is 8.42 Å². The van der Waals surface area contributed by atoms with E-state index in [1.54, 1.807) is 7.11 Å². The van der Waals surface area contributed by atoms with Gasteiger partial charge in [-0.2, -0.15) is 0 Å². The highest BCUT2D eigenvalue weighted by Gasteiger charge is 2.05. The molecule has 3 N–H and O–H groups in total. The minimum absolute atomic E-state index is 0.390. The molecule has 0 saturated heterocycles. The molecule has 0 saturated carbocycles. The van der Waals surface area contributed by atoms with Crippen LogP contribution in [0.2, 0.25) is 0 Å². The van der Waals surface area contributed by atoms with Crippen LogP contribution in [0, 0.1) is 6.92 Å². The largest absolute Gasteiger partial charge is 0.491 e. The summed E-state index contributed by atoms with van der Waals surface area (Å²) in [6, 6.07) is 6.05. The molecule has 1 aromatic carbocycles. The monoisotopic (exact) mass is 400 g/mol. The molecule has 0 bridgehead atoms. The van der Waals surface area contributed by atoms with Crippen molar-refractivity contribution in [1.82, 2.24) is 15.4 Å². The van der Waals surface area contributed by atoms with Crippen LogP contribution in [0.25, 0.3) is 0 Å². The van der Waals surface area contributed by atoms with Crippen LogP contribution in [0.1, 0.15) is 24.5 Å². The fourth-order valence-corrected chi connectivity index (χ4v) is 2.74. The first kappa shape index (κ1) is 23.2. The van der Waals surface area contributed by atoms with Crippen LogP contribution in [-0.2, 0) is 21.3 Å². The van der Waals surface area contributed by atoms with Crippen LogP contribution in [0.3, 0.4) is 0 Å². The molecule has 1 aromatic rings. The highest BCUT2D eigenvalue weighted by Crippen LogP contribution is 2.21. The van der Waals surface area contributed by atoms with E-state index in [4.69, 9.17) is 9.47 Å². The summed E-state index contributed by atoms with van der Waals surface area (Å²) in [5, 5.41) is 6.39. The Morgan fingerprint density at radius 2 is 1.96 bits per heavy atom. The van der Waals surface area contributed by atoms with E-state index < -0.39 is 10.0 Å². The molecule has 9 heteroatoms. The molecule has 0 aliphatic heterocycles. The van der Waals surface area contributed by atoms with E-state index in [0.717, 1.165) is 29.7 Å². The van der Waals surface area contributed by atoms with Crippen molar-refractivity contribution in [2.45, 2.75) is 26.8 Å². The summed E-state index contributed by atoms with van der Waals surface area (Å²) in [5.41, 5.74) is 2.12. The number of aryl methyl sites for hydroxylation is 1. The van der Waals surface area contributed by atoms with Gasteiger partial charge in [0.25, 0.3) is 0 Å². The number of rotatable bonds is 12. The summed E-state index contributed by atoms with van der Waals surface area (Å²) >= 11 is 0. The van der Waals surface area contributed by atoms with E-state index in [-0.39, 0.29) is 0 Å². The highest BCUT2D eigenvalue weighted by atomic mass is 32.2. The normalized spacial score (nSPS) is 12.1. The van der Waals surface area contributed by atoms with Crippen molar-refractivity contribution in [2.75, 3.05) is 46.2 Å². The van der Waals surface area contributed by atoms with Crippen molar-refractivity contribution in [3.05, 3.63) is 29.3 Å². The number of hydrogen-bond donors (Lipinski definition) is 3. The minimum atomic E-state index is -3.15. The van der Waals surface area contributed by atoms with Gasteiger partial charge in [0, 0.05) is 32.3 Å². The lowest BCUT2D eigenvalue weighted by molar-refractivity contribution is 0.145. The Morgan fingerprint density at radius 1 is 1.19 bits per heavy atom. The second-order valence-electron chi connectivity index (χ2n) is 6.09. The van der Waals surface area contributed by atoms with Crippen LogP contribution in [0.4, 0.5) is 0 Å². The topological polar surface area (TPSA) is 101 Å². The fourth-order valence-electron chi connectivity index (χ4n) is 2.22. The molecule has 1 rings (SSSR count). The molecule has 0 fully saturated rings. The second kappa shape index (κ2) is 12.5. The van der Waals surface area contributed by atoms with Crippen molar-refractivity contribution in [1.29, 1.82) is 0 Å². The van der Waals surface area contributed by atoms with Gasteiger partial charge in [-0.05, 0) is 31.9 Å². The number of sulfonamides is 1. The van der Waals surface area contributed by atoms with Gasteiger partial charge in [-0.3, -0.25) is 0 Å². The number of ether oxygens (including phenoxy) is 2. The molecule has 0 aliphatic carbocycles. The van der Waals surface area contributed by atoms with Crippen LogP contribution in [0.5, 0.6) is 5.75 Å². The number of nitrogens with one attached hydrogen (secondary N) is 3. The zero-order valence-corrected chi connectivity index (χ0v) is 17.5. The van der Waals surface area contributed by atoms with Gasteiger partial charge in [0.15, 0.2) is 5.96 Å². The van der Waals surface area contributed by atoms with Gasteiger partial charge >= 0.3 is 0 Å². The van der Waals surface area contributed by atoms with Crippen molar-refractivity contribution >= 4 is 16.0 Å². The van der Waals surface area contributed by atoms with Crippen LogP contribution < -0.4 is 20.1 Å². The lowest BCUT2D eigenvalue weighted by Gasteiger charge is -2.13. The van der Waals surface area contributed by atoms with Crippen molar-refractivity contribution in [2.24, 2.45) is 4.99 Å². The Bertz CT molecular complexity index is 693. The van der Waals surface area contributed by atoms with Gasteiger partial charge in [-0.1, -0.05) is 12.1 Å². The molecule has 0 radical (unpaired) electrons. The summed E-state index contributed by atoms with van der Waals surface area (Å²) in [5.74, 6) is 1.49.